The van der Waals surface area contributed by atoms with Crippen LogP contribution in [0, 0.1) is 17.1 Å². The Labute approximate surface area is 62.1 Å². The largest absolute Gasteiger partial charge is 0.296 e. The third-order valence-corrected chi connectivity index (χ3v) is 1.09. The molecule has 0 aliphatic carbocycles. The first-order valence-electron chi connectivity index (χ1n) is 2.79. The first kappa shape index (κ1) is 7.35. The average Bonchev–Trinajstić information content (AvgIpc) is 2.05. The van der Waals surface area contributed by atoms with Gasteiger partial charge in [0.1, 0.15) is 11.8 Å². The molecule has 1 rings (SSSR count). The van der Waals surface area contributed by atoms with Crippen molar-refractivity contribution in [1.82, 2.24) is 4.98 Å². The second-order valence-electron chi connectivity index (χ2n) is 1.80. The van der Waals surface area contributed by atoms with Crippen molar-refractivity contribution in [1.29, 1.82) is 5.26 Å². The molecule has 0 saturated heterocycles. The lowest BCUT2D eigenvalue weighted by Gasteiger charge is -1.91. The van der Waals surface area contributed by atoms with Crippen LogP contribution in [0.1, 0.15) is 16.2 Å². The minimum atomic E-state index is -0.710. The van der Waals surface area contributed by atoms with Gasteiger partial charge in [0, 0.05) is 0 Å². The number of carbonyl (C=O) groups excluding carboxylic acids is 1. The Balaban J connectivity index is 3.25. The van der Waals surface area contributed by atoms with Crippen molar-refractivity contribution in [3.63, 3.8) is 0 Å². The SMILES string of the molecule is N#Cc1nc(C=O)ccc1F. The van der Waals surface area contributed by atoms with Gasteiger partial charge in [0.25, 0.3) is 0 Å². The third kappa shape index (κ3) is 1.38. The molecule has 0 fully saturated rings. The Morgan fingerprint density at radius 2 is 2.36 bits per heavy atom. The van der Waals surface area contributed by atoms with Crippen molar-refractivity contribution in [2.45, 2.75) is 0 Å². The fraction of sp³-hybridized carbons (Fsp3) is 0. The van der Waals surface area contributed by atoms with Crippen molar-refractivity contribution in [2.24, 2.45) is 0 Å². The number of nitriles is 1. The van der Waals surface area contributed by atoms with E-state index < -0.39 is 5.82 Å². The van der Waals surface area contributed by atoms with Crippen LogP contribution in [0.25, 0.3) is 0 Å². The van der Waals surface area contributed by atoms with Crippen molar-refractivity contribution in [3.8, 4) is 6.07 Å². The number of hydrogen-bond donors (Lipinski definition) is 0. The van der Waals surface area contributed by atoms with Gasteiger partial charge >= 0.3 is 0 Å². The minimum Gasteiger partial charge on any atom is -0.296 e. The number of aromatic nitrogens is 1. The van der Waals surface area contributed by atoms with Crippen molar-refractivity contribution in [2.75, 3.05) is 0 Å². The maximum absolute atomic E-state index is 12.5. The Morgan fingerprint density at radius 3 is 2.91 bits per heavy atom. The Kier molecular flexibility index (Phi) is 1.93. The fourth-order valence-corrected chi connectivity index (χ4v) is 0.601. The van der Waals surface area contributed by atoms with Crippen molar-refractivity contribution in [3.05, 3.63) is 29.3 Å². The van der Waals surface area contributed by atoms with E-state index in [0.29, 0.717) is 6.29 Å². The summed E-state index contributed by atoms with van der Waals surface area (Å²) in [4.78, 5) is 13.5. The highest BCUT2D eigenvalue weighted by Crippen LogP contribution is 2.02. The van der Waals surface area contributed by atoms with Gasteiger partial charge in [0.15, 0.2) is 17.8 Å². The molecule has 0 atom stereocenters. The summed E-state index contributed by atoms with van der Waals surface area (Å²) >= 11 is 0. The predicted octanol–water partition coefficient (Wildman–Crippen LogP) is 0.905. The fourth-order valence-electron chi connectivity index (χ4n) is 0.601. The lowest BCUT2D eigenvalue weighted by molar-refractivity contribution is 0.111. The van der Waals surface area contributed by atoms with E-state index in [1.807, 2.05) is 0 Å². The maximum Gasteiger partial charge on any atom is 0.176 e. The number of carbonyl (C=O) groups is 1. The molecule has 1 aromatic heterocycles. The first-order chi connectivity index (χ1) is 5.27. The van der Waals surface area contributed by atoms with Crippen molar-refractivity contribution >= 4 is 6.29 Å². The van der Waals surface area contributed by atoms with Crippen LogP contribution in [-0.4, -0.2) is 11.3 Å². The molecule has 0 aliphatic rings. The topological polar surface area (TPSA) is 53.8 Å². The summed E-state index contributed by atoms with van der Waals surface area (Å²) in [7, 11) is 0. The van der Waals surface area contributed by atoms with Crippen LogP contribution in [0.15, 0.2) is 12.1 Å². The van der Waals surface area contributed by atoms with Gasteiger partial charge in [-0.1, -0.05) is 0 Å². The Morgan fingerprint density at radius 1 is 1.64 bits per heavy atom. The zero-order valence-electron chi connectivity index (χ0n) is 5.41. The number of hydrogen-bond acceptors (Lipinski definition) is 3. The summed E-state index contributed by atoms with van der Waals surface area (Å²) in [5.74, 6) is -0.710. The van der Waals surface area contributed by atoms with Crippen LogP contribution in [0.5, 0.6) is 0 Å². The summed E-state index contributed by atoms with van der Waals surface area (Å²) in [5.41, 5.74) is -0.294. The van der Waals surface area contributed by atoms with E-state index in [1.165, 1.54) is 12.1 Å². The maximum atomic E-state index is 12.5. The molecule has 1 aromatic rings. The molecule has 3 nitrogen and oxygen atoms in total. The quantitative estimate of drug-likeness (QED) is 0.559. The van der Waals surface area contributed by atoms with E-state index in [2.05, 4.69) is 4.98 Å². The van der Waals surface area contributed by atoms with E-state index in [1.54, 1.807) is 0 Å². The number of halogens is 1. The highest BCUT2D eigenvalue weighted by molar-refractivity contribution is 5.71. The summed E-state index contributed by atoms with van der Waals surface area (Å²) in [6, 6.07) is 3.77. The van der Waals surface area contributed by atoms with Crippen LogP contribution in [-0.2, 0) is 0 Å². The summed E-state index contributed by atoms with van der Waals surface area (Å²) < 4.78 is 12.5. The lowest BCUT2D eigenvalue weighted by atomic mass is 10.3. The number of pyridine rings is 1. The number of aldehydes is 1. The molecule has 0 spiro atoms. The molecule has 0 N–H and O–H groups in total. The summed E-state index contributed by atoms with van der Waals surface area (Å²) in [5, 5.41) is 8.27. The second kappa shape index (κ2) is 2.88. The Bertz CT molecular complexity index is 330. The van der Waals surface area contributed by atoms with E-state index >= 15 is 0 Å². The van der Waals surface area contributed by atoms with Crippen LogP contribution >= 0.6 is 0 Å². The van der Waals surface area contributed by atoms with Gasteiger partial charge in [-0.3, -0.25) is 4.79 Å². The van der Waals surface area contributed by atoms with Gasteiger partial charge in [0.2, 0.25) is 0 Å². The van der Waals surface area contributed by atoms with Gasteiger partial charge in [0.05, 0.1) is 0 Å². The molecule has 0 aromatic carbocycles. The molecule has 4 heteroatoms. The van der Waals surface area contributed by atoms with Crippen molar-refractivity contribution < 1.29 is 9.18 Å². The van der Waals surface area contributed by atoms with Gasteiger partial charge < -0.3 is 0 Å². The number of nitrogens with zero attached hydrogens (tertiary/aromatic N) is 2. The molecule has 0 unspecified atom stereocenters. The molecule has 0 saturated carbocycles. The third-order valence-electron chi connectivity index (χ3n) is 1.09. The zero-order chi connectivity index (χ0) is 8.27. The highest BCUT2D eigenvalue weighted by Gasteiger charge is 2.02. The van der Waals surface area contributed by atoms with Gasteiger partial charge in [-0.15, -0.1) is 0 Å². The van der Waals surface area contributed by atoms with Crippen LogP contribution in [0.3, 0.4) is 0 Å². The summed E-state index contributed by atoms with van der Waals surface area (Å²) in [6.45, 7) is 0. The molecule has 0 radical (unpaired) electrons. The van der Waals surface area contributed by atoms with Crippen LogP contribution in [0.4, 0.5) is 4.39 Å². The normalized spacial score (nSPS) is 8.73. The molecule has 54 valence electrons. The smallest absolute Gasteiger partial charge is 0.176 e. The molecule has 0 bridgehead atoms. The van der Waals surface area contributed by atoms with Crippen LogP contribution < -0.4 is 0 Å². The van der Waals surface area contributed by atoms with E-state index in [0.717, 1.165) is 6.07 Å². The molecular formula is C7H3FN2O. The monoisotopic (exact) mass is 150 g/mol. The van der Waals surface area contributed by atoms with E-state index in [4.69, 9.17) is 5.26 Å². The zero-order valence-corrected chi connectivity index (χ0v) is 5.41. The average molecular weight is 150 g/mol. The van der Waals surface area contributed by atoms with E-state index in [-0.39, 0.29) is 11.4 Å². The summed E-state index contributed by atoms with van der Waals surface area (Å²) in [6.07, 6.45) is 0.459. The van der Waals surface area contributed by atoms with Gasteiger partial charge in [-0.05, 0) is 12.1 Å². The minimum absolute atomic E-state index is 0.0583. The molecule has 0 aliphatic heterocycles. The predicted molar refractivity (Wildman–Crippen MR) is 34.3 cm³/mol. The lowest BCUT2D eigenvalue weighted by Crippen LogP contribution is -1.93. The Hall–Kier alpha value is -1.76. The first-order valence-corrected chi connectivity index (χ1v) is 2.79. The number of rotatable bonds is 1. The molecule has 0 amide bonds. The van der Waals surface area contributed by atoms with Gasteiger partial charge in [-0.25, -0.2) is 9.37 Å². The standard InChI is InChI=1S/C7H3FN2O/c8-6-2-1-5(4-11)10-7(6)3-9/h1-2,4H. The van der Waals surface area contributed by atoms with Crippen LogP contribution in [0.2, 0.25) is 0 Å². The molecular weight excluding hydrogens is 147 g/mol. The van der Waals surface area contributed by atoms with E-state index in [9.17, 15) is 9.18 Å². The molecule has 11 heavy (non-hydrogen) atoms. The highest BCUT2D eigenvalue weighted by atomic mass is 19.1. The second-order valence-corrected chi connectivity index (χ2v) is 1.80. The van der Waals surface area contributed by atoms with Gasteiger partial charge in [-0.2, -0.15) is 5.26 Å². The molecule has 1 heterocycles.